The first-order valence-corrected chi connectivity index (χ1v) is 7.00. The van der Waals surface area contributed by atoms with Crippen molar-refractivity contribution in [3.05, 3.63) is 59.7 Å². The predicted molar refractivity (Wildman–Crippen MR) is 82.2 cm³/mol. The average Bonchev–Trinajstić information content (AvgIpc) is 2.48. The number of hydrogen-bond donors (Lipinski definition) is 0. The minimum atomic E-state index is -0.00364. The molecule has 0 fully saturated rings. The Morgan fingerprint density at radius 1 is 0.950 bits per heavy atom. The standard InChI is InChI=1S/C18H18N2/c1-18(2)14-8-3-5-10-16(14)20(13-7-12-19)17-11-6-4-9-15(17)18/h3-6,8-11H,7,13H2,1-2H3. The molecule has 0 unspecified atom stereocenters. The van der Waals surface area contributed by atoms with E-state index in [1.165, 1.54) is 22.5 Å². The highest BCUT2D eigenvalue weighted by Gasteiger charge is 2.35. The second-order valence-electron chi connectivity index (χ2n) is 5.72. The van der Waals surface area contributed by atoms with Crippen LogP contribution in [0.5, 0.6) is 0 Å². The van der Waals surface area contributed by atoms with Crippen molar-refractivity contribution in [3.8, 4) is 6.07 Å². The fourth-order valence-corrected chi connectivity index (χ4v) is 3.15. The van der Waals surface area contributed by atoms with E-state index in [0.29, 0.717) is 6.42 Å². The number of anilines is 2. The Morgan fingerprint density at radius 2 is 1.45 bits per heavy atom. The molecule has 0 aromatic heterocycles. The molecule has 2 aromatic rings. The highest BCUT2D eigenvalue weighted by molar-refractivity contribution is 5.77. The summed E-state index contributed by atoms with van der Waals surface area (Å²) in [5.74, 6) is 0. The second kappa shape index (κ2) is 4.68. The fourth-order valence-electron chi connectivity index (χ4n) is 3.15. The Kier molecular flexibility index (Phi) is 2.99. The van der Waals surface area contributed by atoms with Crippen LogP contribution in [-0.4, -0.2) is 6.54 Å². The smallest absolute Gasteiger partial charge is 0.0640 e. The molecule has 100 valence electrons. The average molecular weight is 262 g/mol. The molecule has 0 spiro atoms. The van der Waals surface area contributed by atoms with Crippen molar-refractivity contribution < 1.29 is 0 Å². The zero-order chi connectivity index (χ0) is 14.2. The molecule has 3 rings (SSSR count). The maximum absolute atomic E-state index is 8.92. The maximum atomic E-state index is 8.92. The molecule has 0 atom stereocenters. The van der Waals surface area contributed by atoms with Crippen molar-refractivity contribution in [1.29, 1.82) is 5.26 Å². The van der Waals surface area contributed by atoms with Gasteiger partial charge in [-0.2, -0.15) is 5.26 Å². The van der Waals surface area contributed by atoms with Crippen molar-refractivity contribution in [3.63, 3.8) is 0 Å². The molecule has 1 aliphatic rings. The van der Waals surface area contributed by atoms with Crippen LogP contribution in [-0.2, 0) is 5.41 Å². The minimum absolute atomic E-state index is 0.00364. The van der Waals surface area contributed by atoms with E-state index in [1.807, 2.05) is 0 Å². The van der Waals surface area contributed by atoms with Crippen molar-refractivity contribution >= 4 is 11.4 Å². The van der Waals surface area contributed by atoms with Gasteiger partial charge in [0.1, 0.15) is 0 Å². The molecule has 2 nitrogen and oxygen atoms in total. The molecule has 0 amide bonds. The summed E-state index contributed by atoms with van der Waals surface area (Å²) in [4.78, 5) is 2.28. The summed E-state index contributed by atoms with van der Waals surface area (Å²) in [6, 6.07) is 19.3. The van der Waals surface area contributed by atoms with Gasteiger partial charge in [0.15, 0.2) is 0 Å². The second-order valence-corrected chi connectivity index (χ2v) is 5.72. The summed E-state index contributed by atoms with van der Waals surface area (Å²) in [7, 11) is 0. The maximum Gasteiger partial charge on any atom is 0.0640 e. The van der Waals surface area contributed by atoms with Gasteiger partial charge in [-0.15, -0.1) is 0 Å². The van der Waals surface area contributed by atoms with Gasteiger partial charge in [0.25, 0.3) is 0 Å². The molecule has 2 heteroatoms. The van der Waals surface area contributed by atoms with E-state index in [1.54, 1.807) is 0 Å². The summed E-state index contributed by atoms with van der Waals surface area (Å²) in [5, 5.41) is 8.92. The van der Waals surface area contributed by atoms with Gasteiger partial charge >= 0.3 is 0 Å². The topological polar surface area (TPSA) is 27.0 Å². The van der Waals surface area contributed by atoms with Crippen LogP contribution < -0.4 is 4.90 Å². The van der Waals surface area contributed by atoms with E-state index in [4.69, 9.17) is 5.26 Å². The van der Waals surface area contributed by atoms with E-state index in [2.05, 4.69) is 73.3 Å². The summed E-state index contributed by atoms with van der Waals surface area (Å²) in [6.45, 7) is 5.28. The van der Waals surface area contributed by atoms with E-state index in [0.717, 1.165) is 6.54 Å². The lowest BCUT2D eigenvalue weighted by atomic mass is 9.73. The number of hydrogen-bond acceptors (Lipinski definition) is 2. The van der Waals surface area contributed by atoms with E-state index in [-0.39, 0.29) is 5.41 Å². The van der Waals surface area contributed by atoms with E-state index in [9.17, 15) is 0 Å². The summed E-state index contributed by atoms with van der Waals surface area (Å²) < 4.78 is 0. The molecule has 2 aromatic carbocycles. The number of benzene rings is 2. The fraction of sp³-hybridized carbons (Fsp3) is 0.278. The van der Waals surface area contributed by atoms with Crippen LogP contribution >= 0.6 is 0 Å². The predicted octanol–water partition coefficient (Wildman–Crippen LogP) is 4.38. The Bertz CT molecular complexity index is 630. The number of nitriles is 1. The van der Waals surface area contributed by atoms with Gasteiger partial charge in [-0.3, -0.25) is 0 Å². The van der Waals surface area contributed by atoms with Crippen molar-refractivity contribution in [2.45, 2.75) is 25.7 Å². The van der Waals surface area contributed by atoms with Gasteiger partial charge in [-0.05, 0) is 23.3 Å². The summed E-state index contributed by atoms with van der Waals surface area (Å²) in [5.41, 5.74) is 5.11. The molecule has 1 heterocycles. The normalized spacial score (nSPS) is 15.2. The van der Waals surface area contributed by atoms with E-state index >= 15 is 0 Å². The molecule has 20 heavy (non-hydrogen) atoms. The van der Waals surface area contributed by atoms with Crippen molar-refractivity contribution in [2.24, 2.45) is 0 Å². The number of rotatable bonds is 2. The van der Waals surface area contributed by atoms with Gasteiger partial charge in [-0.25, -0.2) is 0 Å². The van der Waals surface area contributed by atoms with Crippen LogP contribution in [0.2, 0.25) is 0 Å². The number of nitrogens with zero attached hydrogens (tertiary/aromatic N) is 2. The molecule has 0 radical (unpaired) electrons. The number of fused-ring (bicyclic) bond motifs is 2. The van der Waals surface area contributed by atoms with Crippen LogP contribution in [0.15, 0.2) is 48.5 Å². The Hall–Kier alpha value is -2.27. The largest absolute Gasteiger partial charge is 0.340 e. The first-order chi connectivity index (χ1) is 9.66. The van der Waals surface area contributed by atoms with Crippen molar-refractivity contribution in [2.75, 3.05) is 11.4 Å². The summed E-state index contributed by atoms with van der Waals surface area (Å²) in [6.07, 6.45) is 0.531. The molecule has 0 aliphatic carbocycles. The van der Waals surface area contributed by atoms with Crippen LogP contribution in [0, 0.1) is 11.3 Å². The molecular formula is C18H18N2. The monoisotopic (exact) mass is 262 g/mol. The molecule has 0 saturated heterocycles. The third kappa shape index (κ3) is 1.78. The third-order valence-corrected chi connectivity index (χ3v) is 4.18. The SMILES string of the molecule is CC1(C)c2ccccc2N(CCC#N)c2ccccc21. The van der Waals surface area contributed by atoms with Crippen LogP contribution in [0.1, 0.15) is 31.4 Å². The van der Waals surface area contributed by atoms with Gasteiger partial charge in [-0.1, -0.05) is 50.2 Å². The number of para-hydroxylation sites is 2. The Balaban J connectivity index is 2.22. The van der Waals surface area contributed by atoms with Crippen LogP contribution in [0.3, 0.4) is 0 Å². The van der Waals surface area contributed by atoms with E-state index < -0.39 is 0 Å². The van der Waals surface area contributed by atoms with Crippen LogP contribution in [0.4, 0.5) is 11.4 Å². The lowest BCUT2D eigenvalue weighted by Gasteiger charge is -2.41. The van der Waals surface area contributed by atoms with Crippen molar-refractivity contribution in [1.82, 2.24) is 0 Å². The molecule has 0 bridgehead atoms. The third-order valence-electron chi connectivity index (χ3n) is 4.18. The van der Waals surface area contributed by atoms with Gasteiger partial charge in [0.05, 0.1) is 12.5 Å². The quantitative estimate of drug-likeness (QED) is 0.803. The lowest BCUT2D eigenvalue weighted by Crippen LogP contribution is -2.33. The molecule has 0 N–H and O–H groups in total. The zero-order valence-corrected chi connectivity index (χ0v) is 11.9. The van der Waals surface area contributed by atoms with Gasteiger partial charge in [0, 0.05) is 23.3 Å². The van der Waals surface area contributed by atoms with Crippen LogP contribution in [0.25, 0.3) is 0 Å². The first-order valence-electron chi connectivity index (χ1n) is 7.00. The summed E-state index contributed by atoms with van der Waals surface area (Å²) >= 11 is 0. The Morgan fingerprint density at radius 3 is 1.95 bits per heavy atom. The lowest BCUT2D eigenvalue weighted by molar-refractivity contribution is 0.624. The molecule has 0 saturated carbocycles. The molecular weight excluding hydrogens is 244 g/mol. The van der Waals surface area contributed by atoms with Gasteiger partial charge < -0.3 is 4.90 Å². The highest BCUT2D eigenvalue weighted by atomic mass is 15.1. The first kappa shape index (κ1) is 12.7. The van der Waals surface area contributed by atoms with Gasteiger partial charge in [0.2, 0.25) is 0 Å². The molecule has 1 aliphatic heterocycles. The highest BCUT2D eigenvalue weighted by Crippen LogP contribution is 2.48. The minimum Gasteiger partial charge on any atom is -0.340 e. The Labute approximate surface area is 120 Å². The zero-order valence-electron chi connectivity index (χ0n) is 11.9.